The van der Waals surface area contributed by atoms with Gasteiger partial charge in [0.15, 0.2) is 0 Å². The van der Waals surface area contributed by atoms with E-state index in [1.165, 1.54) is 0 Å². The van der Waals surface area contributed by atoms with Crippen molar-refractivity contribution in [2.45, 2.75) is 24.7 Å². The molecule has 0 aliphatic rings. The second-order valence-corrected chi connectivity index (χ2v) is 12.0. The van der Waals surface area contributed by atoms with Gasteiger partial charge in [0.25, 0.3) is 0 Å². The smallest absolute Gasteiger partial charge is 0.119 e. The molecular weight excluding hydrogens is 588 g/mol. The van der Waals surface area contributed by atoms with E-state index < -0.39 is 5.92 Å². The van der Waals surface area contributed by atoms with Gasteiger partial charge in [-0.05, 0) is 75.7 Å². The van der Waals surface area contributed by atoms with Crippen LogP contribution in [0.1, 0.15) is 69.2 Å². The van der Waals surface area contributed by atoms with E-state index in [2.05, 4.69) is 121 Å². The zero-order chi connectivity index (χ0) is 33.5. The van der Waals surface area contributed by atoms with Crippen molar-refractivity contribution < 1.29 is 9.47 Å². The van der Waals surface area contributed by atoms with Crippen LogP contribution in [0.4, 0.5) is 0 Å². The summed E-state index contributed by atoms with van der Waals surface area (Å²) in [4.78, 5) is 0. The minimum absolute atomic E-state index is 0.139. The van der Waals surface area contributed by atoms with Gasteiger partial charge in [-0.2, -0.15) is 0 Å². The molecule has 0 atom stereocenters. The Morgan fingerprint density at radius 2 is 0.750 bits per heavy atom. The third-order valence-corrected chi connectivity index (χ3v) is 9.06. The lowest BCUT2D eigenvalue weighted by Gasteiger charge is -2.31. The molecular formula is C44H40N2O2. The fourth-order valence-corrected chi connectivity index (χ4v) is 6.77. The van der Waals surface area contributed by atoms with E-state index >= 15 is 0 Å². The fraction of sp³-hybridized carbons (Fsp3) is 0.136. The lowest BCUT2D eigenvalue weighted by Crippen LogP contribution is -2.24. The van der Waals surface area contributed by atoms with Gasteiger partial charge in [-0.25, -0.2) is 0 Å². The molecule has 0 heterocycles. The largest absolute Gasteiger partial charge is 0.497 e. The number of ether oxygens (including phenoxy) is 2. The van der Waals surface area contributed by atoms with Gasteiger partial charge in [0, 0.05) is 17.5 Å². The molecule has 0 aliphatic heterocycles. The predicted molar refractivity (Wildman–Crippen MR) is 197 cm³/mol. The van der Waals surface area contributed by atoms with Crippen molar-refractivity contribution >= 4 is 11.4 Å². The second-order valence-electron chi connectivity index (χ2n) is 12.0. The molecule has 0 aromatic heterocycles. The SMILES string of the molecule is COc1ccc(C(C(=N)C(C)=N)c2ccc(OC)cc2C(c2ccccc2)c2ccccc2)c(C(c2ccccc2)c2ccccc2)c1. The quantitative estimate of drug-likeness (QED) is 0.105. The Bertz CT molecular complexity index is 1780. The van der Waals surface area contributed by atoms with Crippen molar-refractivity contribution in [3.63, 3.8) is 0 Å². The third-order valence-electron chi connectivity index (χ3n) is 9.06. The van der Waals surface area contributed by atoms with Crippen molar-refractivity contribution in [1.29, 1.82) is 10.8 Å². The Labute approximate surface area is 283 Å². The summed E-state index contributed by atoms with van der Waals surface area (Å²) in [6.07, 6.45) is 0. The Kier molecular flexibility index (Phi) is 9.92. The first-order chi connectivity index (χ1) is 23.5. The molecule has 4 nitrogen and oxygen atoms in total. The number of hydrogen-bond acceptors (Lipinski definition) is 4. The maximum absolute atomic E-state index is 9.58. The van der Waals surface area contributed by atoms with Crippen molar-refractivity contribution in [3.8, 4) is 11.5 Å². The van der Waals surface area contributed by atoms with Crippen LogP contribution in [0, 0.1) is 10.8 Å². The van der Waals surface area contributed by atoms with Gasteiger partial charge >= 0.3 is 0 Å². The van der Waals surface area contributed by atoms with E-state index in [-0.39, 0.29) is 23.3 Å². The topological polar surface area (TPSA) is 66.2 Å². The van der Waals surface area contributed by atoms with E-state index in [4.69, 9.17) is 14.9 Å². The molecule has 0 saturated carbocycles. The lowest BCUT2D eigenvalue weighted by atomic mass is 9.73. The summed E-state index contributed by atoms with van der Waals surface area (Å²) < 4.78 is 11.6. The standard InChI is InChI=1S/C44H40N2O2/c1-30(45)44(46)43(37-26-24-35(47-2)28-39(37)41(31-16-8-4-9-17-31)32-18-10-5-11-19-32)38-27-25-36(48-3)29-40(38)42(33-20-12-6-13-21-33)34-22-14-7-15-23-34/h4-29,41-43,45-46H,1-3H3. The van der Waals surface area contributed by atoms with Crippen LogP contribution in [0.2, 0.25) is 0 Å². The Hall–Kier alpha value is -5.74. The zero-order valence-electron chi connectivity index (χ0n) is 27.6. The molecule has 2 N–H and O–H groups in total. The minimum Gasteiger partial charge on any atom is -0.497 e. The van der Waals surface area contributed by atoms with Gasteiger partial charge in [0.1, 0.15) is 11.5 Å². The second kappa shape index (κ2) is 14.8. The molecule has 0 amide bonds. The highest BCUT2D eigenvalue weighted by molar-refractivity contribution is 6.41. The van der Waals surface area contributed by atoms with Gasteiger partial charge in [0.2, 0.25) is 0 Å². The Morgan fingerprint density at radius 1 is 0.438 bits per heavy atom. The molecule has 0 spiro atoms. The molecule has 6 aromatic carbocycles. The number of methoxy groups -OCH3 is 2. The predicted octanol–water partition coefficient (Wildman–Crippen LogP) is 10.3. The van der Waals surface area contributed by atoms with Crippen molar-refractivity contribution in [1.82, 2.24) is 0 Å². The maximum Gasteiger partial charge on any atom is 0.119 e. The van der Waals surface area contributed by atoms with E-state index in [0.29, 0.717) is 0 Å². The lowest BCUT2D eigenvalue weighted by molar-refractivity contribution is 0.414. The number of benzene rings is 6. The molecule has 48 heavy (non-hydrogen) atoms. The fourth-order valence-electron chi connectivity index (χ4n) is 6.77. The highest BCUT2D eigenvalue weighted by atomic mass is 16.5. The van der Waals surface area contributed by atoms with Gasteiger partial charge in [0.05, 0.1) is 25.8 Å². The zero-order valence-corrected chi connectivity index (χ0v) is 27.6. The summed E-state index contributed by atoms with van der Waals surface area (Å²) in [5.41, 5.74) is 8.97. The molecule has 4 heteroatoms. The Balaban J connectivity index is 1.67. The van der Waals surface area contributed by atoms with Gasteiger partial charge in [-0.1, -0.05) is 133 Å². The van der Waals surface area contributed by atoms with Crippen LogP contribution in [0.15, 0.2) is 158 Å². The summed E-state index contributed by atoms with van der Waals surface area (Å²) in [5, 5.41) is 18.4. The van der Waals surface area contributed by atoms with Crippen LogP contribution in [0.3, 0.4) is 0 Å². The summed E-state index contributed by atoms with van der Waals surface area (Å²) in [6.45, 7) is 1.71. The number of nitrogens with one attached hydrogen (secondary N) is 2. The van der Waals surface area contributed by atoms with Gasteiger partial charge in [-0.3, -0.25) is 0 Å². The van der Waals surface area contributed by atoms with Gasteiger partial charge in [-0.15, -0.1) is 0 Å². The average Bonchev–Trinajstić information content (AvgIpc) is 3.14. The molecule has 6 aromatic rings. The third kappa shape index (κ3) is 6.70. The maximum atomic E-state index is 9.58. The summed E-state index contributed by atoms with van der Waals surface area (Å²) in [5.74, 6) is 0.654. The molecule has 238 valence electrons. The summed E-state index contributed by atoms with van der Waals surface area (Å²) in [6, 6.07) is 54.3. The first kappa shape index (κ1) is 32.2. The Morgan fingerprint density at radius 3 is 1.02 bits per heavy atom. The monoisotopic (exact) mass is 628 g/mol. The van der Waals surface area contributed by atoms with Crippen molar-refractivity contribution in [3.05, 3.63) is 202 Å². The van der Waals surface area contributed by atoms with Crippen LogP contribution < -0.4 is 9.47 Å². The first-order valence-electron chi connectivity index (χ1n) is 16.2. The normalized spacial score (nSPS) is 11.1. The van der Waals surface area contributed by atoms with Crippen LogP contribution in [-0.4, -0.2) is 25.6 Å². The molecule has 0 radical (unpaired) electrons. The highest BCUT2D eigenvalue weighted by Gasteiger charge is 2.32. The van der Waals surface area contributed by atoms with Gasteiger partial charge < -0.3 is 20.3 Å². The molecule has 0 aliphatic carbocycles. The van der Waals surface area contributed by atoms with Crippen molar-refractivity contribution in [2.75, 3.05) is 14.2 Å². The van der Waals surface area contributed by atoms with Crippen LogP contribution in [0.5, 0.6) is 11.5 Å². The highest BCUT2D eigenvalue weighted by Crippen LogP contribution is 2.45. The first-order valence-corrected chi connectivity index (χ1v) is 16.2. The molecule has 0 fully saturated rings. The molecule has 0 saturated heterocycles. The van der Waals surface area contributed by atoms with Crippen LogP contribution in [0.25, 0.3) is 0 Å². The minimum atomic E-state index is -0.547. The summed E-state index contributed by atoms with van der Waals surface area (Å²) in [7, 11) is 3.37. The van der Waals surface area contributed by atoms with Crippen molar-refractivity contribution in [2.24, 2.45) is 0 Å². The van der Waals surface area contributed by atoms with E-state index in [0.717, 1.165) is 56.0 Å². The van der Waals surface area contributed by atoms with E-state index in [1.54, 1.807) is 21.1 Å². The van der Waals surface area contributed by atoms with Crippen LogP contribution in [-0.2, 0) is 0 Å². The average molecular weight is 629 g/mol. The molecule has 6 rings (SSSR count). The number of hydrogen-bond donors (Lipinski definition) is 2. The van der Waals surface area contributed by atoms with E-state index in [1.807, 2.05) is 36.4 Å². The number of rotatable bonds is 12. The molecule has 0 bridgehead atoms. The molecule has 0 unspecified atom stereocenters. The summed E-state index contributed by atoms with van der Waals surface area (Å²) >= 11 is 0. The van der Waals surface area contributed by atoms with Crippen LogP contribution >= 0.6 is 0 Å². The van der Waals surface area contributed by atoms with E-state index in [9.17, 15) is 5.41 Å².